The highest BCUT2D eigenvalue weighted by Gasteiger charge is 2.16. The molecule has 1 unspecified atom stereocenters. The van der Waals surface area contributed by atoms with Crippen molar-refractivity contribution in [2.75, 3.05) is 0 Å². The Kier molecular flexibility index (Phi) is 10.4. The number of benzene rings is 10. The van der Waals surface area contributed by atoms with E-state index in [1.807, 2.05) is 12.1 Å². The molecule has 0 saturated carbocycles. The van der Waals surface area contributed by atoms with Crippen molar-refractivity contribution < 1.29 is 8.83 Å². The van der Waals surface area contributed by atoms with Gasteiger partial charge in [0.2, 0.25) is 0 Å². The number of para-hydroxylation sites is 2. The van der Waals surface area contributed by atoms with Crippen LogP contribution >= 0.6 is 0 Å². The summed E-state index contributed by atoms with van der Waals surface area (Å²) in [7, 11) is 0. The van der Waals surface area contributed by atoms with Crippen LogP contribution in [0.25, 0.3) is 111 Å². The molecule has 12 aromatic rings. The van der Waals surface area contributed by atoms with Gasteiger partial charge in [-0.3, -0.25) is 0 Å². The second kappa shape index (κ2) is 17.2. The lowest BCUT2D eigenvalue weighted by Crippen LogP contribution is -1.98. The molecule has 326 valence electrons. The first-order valence-electron chi connectivity index (χ1n) is 23.9. The highest BCUT2D eigenvalue weighted by atomic mass is 16.3. The molecule has 0 aliphatic carbocycles. The Hall–Kier alpha value is -8.20. The van der Waals surface area contributed by atoms with E-state index in [1.54, 1.807) is 0 Å². The summed E-state index contributed by atoms with van der Waals surface area (Å²) in [5, 5.41) is 4.58. The maximum absolute atomic E-state index is 6.77. The molecule has 0 spiro atoms. The first-order valence-corrected chi connectivity index (χ1v) is 23.9. The Labute approximate surface area is 397 Å². The molecule has 1 atom stereocenters. The second-order valence-corrected chi connectivity index (χ2v) is 18.8. The molecule has 0 radical (unpaired) electrons. The van der Waals surface area contributed by atoms with Gasteiger partial charge < -0.3 is 8.83 Å². The number of rotatable bonds is 10. The van der Waals surface area contributed by atoms with E-state index in [4.69, 9.17) is 8.83 Å². The van der Waals surface area contributed by atoms with Gasteiger partial charge in [-0.15, -0.1) is 0 Å². The van der Waals surface area contributed by atoms with Crippen molar-refractivity contribution in [3.05, 3.63) is 241 Å². The van der Waals surface area contributed by atoms with Crippen molar-refractivity contribution in [1.82, 2.24) is 0 Å². The number of hydrogen-bond donors (Lipinski definition) is 0. The van der Waals surface area contributed by atoms with E-state index >= 15 is 0 Å². The minimum atomic E-state index is 0.329. The van der Waals surface area contributed by atoms with Gasteiger partial charge in [-0.2, -0.15) is 0 Å². The molecular formula is C66H50O2. The number of fused-ring (bicyclic) bond motifs is 6. The molecule has 2 heterocycles. The molecule has 0 saturated heterocycles. The molecule has 10 aromatic carbocycles. The third kappa shape index (κ3) is 7.78. The van der Waals surface area contributed by atoms with E-state index in [0.717, 1.165) is 67.0 Å². The summed E-state index contributed by atoms with van der Waals surface area (Å²) < 4.78 is 13.0. The Bertz CT molecular complexity index is 3810. The molecule has 2 heteroatoms. The quantitative estimate of drug-likeness (QED) is 0.137. The molecule has 2 aromatic heterocycles. The van der Waals surface area contributed by atoms with Crippen molar-refractivity contribution in [2.24, 2.45) is 0 Å². The third-order valence-electron chi connectivity index (χ3n) is 14.0. The van der Waals surface area contributed by atoms with Crippen LogP contribution in [0.3, 0.4) is 0 Å². The van der Waals surface area contributed by atoms with Crippen LogP contribution in [-0.2, 0) is 6.42 Å². The fourth-order valence-corrected chi connectivity index (χ4v) is 10.1. The fourth-order valence-electron chi connectivity index (χ4n) is 10.1. The summed E-state index contributed by atoms with van der Waals surface area (Å²) in [4.78, 5) is 0. The van der Waals surface area contributed by atoms with E-state index in [9.17, 15) is 0 Å². The summed E-state index contributed by atoms with van der Waals surface area (Å²) in [5.74, 6) is 0.845. The molecular weight excluding hydrogens is 825 g/mol. The van der Waals surface area contributed by atoms with Crippen molar-refractivity contribution in [3.63, 3.8) is 0 Å². The highest BCUT2D eigenvalue weighted by Crippen LogP contribution is 2.39. The minimum Gasteiger partial charge on any atom is -0.456 e. The zero-order valence-corrected chi connectivity index (χ0v) is 38.5. The van der Waals surface area contributed by atoms with E-state index in [1.165, 1.54) is 66.8 Å². The first kappa shape index (κ1) is 41.2. The predicted octanol–water partition coefficient (Wildman–Crippen LogP) is 19.0. The molecule has 0 bridgehead atoms. The zero-order chi connectivity index (χ0) is 45.7. The molecule has 0 aliphatic rings. The van der Waals surface area contributed by atoms with Crippen LogP contribution in [0.4, 0.5) is 0 Å². The van der Waals surface area contributed by atoms with Gasteiger partial charge in [0.05, 0.1) is 0 Å². The van der Waals surface area contributed by atoms with Gasteiger partial charge in [0.15, 0.2) is 0 Å². The van der Waals surface area contributed by atoms with E-state index in [0.29, 0.717) is 11.8 Å². The standard InChI is InChI=1S/C66H50O2/c1-42(2)45-24-28-47(29-25-45)49-11-7-14-52(38-49)55-17-9-18-57(40-55)58-20-10-21-62-61-33-23-44(36-64(61)68-66(58)62)35-43(3)46-26-30-48(31-27-46)50-12-6-13-51(37-50)53-15-8-16-54(39-53)56-32-34-60-59-19-4-5-22-63(59)67-65(60)41-56/h4-34,36-43H,35H2,1-3H3. The second-order valence-electron chi connectivity index (χ2n) is 18.8. The van der Waals surface area contributed by atoms with Crippen molar-refractivity contribution >= 4 is 43.9 Å². The van der Waals surface area contributed by atoms with Crippen LogP contribution in [-0.4, -0.2) is 0 Å². The SMILES string of the molecule is CC(C)c1ccc(-c2cccc(-c3cccc(-c4cccc5c4oc4cc(CC(C)c6ccc(-c7cccc(-c8cccc(-c9ccc%10c(c9)oc9ccccc9%10)c8)c7)cc6)ccc45)c3)c2)cc1. The Balaban J connectivity index is 0.758. The summed E-state index contributed by atoms with van der Waals surface area (Å²) in [6.45, 7) is 6.80. The van der Waals surface area contributed by atoms with Crippen LogP contribution in [0.1, 0.15) is 49.3 Å². The average molecular weight is 875 g/mol. The highest BCUT2D eigenvalue weighted by molar-refractivity contribution is 6.10. The van der Waals surface area contributed by atoms with E-state index in [2.05, 4.69) is 233 Å². The third-order valence-corrected chi connectivity index (χ3v) is 14.0. The molecule has 68 heavy (non-hydrogen) atoms. The van der Waals surface area contributed by atoms with Crippen LogP contribution in [0, 0.1) is 0 Å². The Morgan fingerprint density at radius 2 is 0.750 bits per heavy atom. The molecule has 0 amide bonds. The molecule has 0 aliphatic heterocycles. The fraction of sp³-hybridized carbons (Fsp3) is 0.0909. The van der Waals surface area contributed by atoms with Gasteiger partial charge in [0.25, 0.3) is 0 Å². The van der Waals surface area contributed by atoms with Crippen LogP contribution < -0.4 is 0 Å². The zero-order valence-electron chi connectivity index (χ0n) is 38.5. The lowest BCUT2D eigenvalue weighted by molar-refractivity contribution is 0.668. The van der Waals surface area contributed by atoms with Gasteiger partial charge in [-0.25, -0.2) is 0 Å². The monoisotopic (exact) mass is 874 g/mol. The molecule has 0 N–H and O–H groups in total. The van der Waals surface area contributed by atoms with Gasteiger partial charge in [-0.1, -0.05) is 197 Å². The Morgan fingerprint density at radius 1 is 0.309 bits per heavy atom. The largest absolute Gasteiger partial charge is 0.456 e. The first-order chi connectivity index (χ1) is 33.4. The number of hydrogen-bond acceptors (Lipinski definition) is 2. The minimum absolute atomic E-state index is 0.329. The summed E-state index contributed by atoms with van der Waals surface area (Å²) in [6, 6.07) is 81.6. The maximum atomic E-state index is 6.77. The van der Waals surface area contributed by atoms with E-state index in [-0.39, 0.29) is 0 Å². The van der Waals surface area contributed by atoms with Gasteiger partial charge >= 0.3 is 0 Å². The van der Waals surface area contributed by atoms with Crippen molar-refractivity contribution in [2.45, 2.75) is 39.0 Å². The van der Waals surface area contributed by atoms with Gasteiger partial charge in [0.1, 0.15) is 22.3 Å². The summed E-state index contributed by atoms with van der Waals surface area (Å²) in [6.07, 6.45) is 0.914. The summed E-state index contributed by atoms with van der Waals surface area (Å²) in [5.41, 5.74) is 21.8. The maximum Gasteiger partial charge on any atom is 0.143 e. The smallest absolute Gasteiger partial charge is 0.143 e. The lowest BCUT2D eigenvalue weighted by Gasteiger charge is -2.13. The summed E-state index contributed by atoms with van der Waals surface area (Å²) >= 11 is 0. The predicted molar refractivity (Wildman–Crippen MR) is 286 cm³/mol. The van der Waals surface area contributed by atoms with E-state index < -0.39 is 0 Å². The van der Waals surface area contributed by atoms with Crippen LogP contribution in [0.2, 0.25) is 0 Å². The number of furan rings is 2. The van der Waals surface area contributed by atoms with Crippen LogP contribution in [0.15, 0.2) is 233 Å². The van der Waals surface area contributed by atoms with Gasteiger partial charge in [0, 0.05) is 27.1 Å². The molecule has 2 nitrogen and oxygen atoms in total. The Morgan fingerprint density at radius 3 is 1.37 bits per heavy atom. The van der Waals surface area contributed by atoms with Crippen molar-refractivity contribution in [1.29, 1.82) is 0 Å². The lowest BCUT2D eigenvalue weighted by atomic mass is 9.91. The normalized spacial score (nSPS) is 12.2. The average Bonchev–Trinajstić information content (AvgIpc) is 3.96. The topological polar surface area (TPSA) is 26.3 Å². The van der Waals surface area contributed by atoms with Crippen LogP contribution in [0.5, 0.6) is 0 Å². The molecule has 0 fully saturated rings. The molecule has 12 rings (SSSR count). The van der Waals surface area contributed by atoms with Crippen molar-refractivity contribution in [3.8, 4) is 66.8 Å². The van der Waals surface area contributed by atoms with Gasteiger partial charge in [-0.05, 0) is 145 Å².